The zero-order valence-corrected chi connectivity index (χ0v) is 14.4. The minimum Gasteiger partial charge on any atom is -0.478 e. The van der Waals surface area contributed by atoms with Gasteiger partial charge in [0.1, 0.15) is 11.4 Å². The fourth-order valence-electron chi connectivity index (χ4n) is 1.72. The number of rotatable bonds is 2. The quantitative estimate of drug-likeness (QED) is 0.746. The van der Waals surface area contributed by atoms with Crippen molar-refractivity contribution in [2.75, 3.05) is 37.7 Å². The summed E-state index contributed by atoms with van der Waals surface area (Å²) in [4.78, 5) is 17.3. The first-order valence-corrected chi connectivity index (χ1v) is 7.84. The van der Waals surface area contributed by atoms with E-state index in [9.17, 15) is 4.79 Å². The van der Waals surface area contributed by atoms with Gasteiger partial charge in [0.05, 0.1) is 0 Å². The summed E-state index contributed by atoms with van der Waals surface area (Å²) < 4.78 is 0.684. The largest absolute Gasteiger partial charge is 0.478 e. The van der Waals surface area contributed by atoms with Gasteiger partial charge >= 0.3 is 5.97 Å². The predicted molar refractivity (Wildman–Crippen MR) is 88.1 cm³/mol. The summed E-state index contributed by atoms with van der Waals surface area (Å²) in [5.41, 5.74) is 0.247. The summed E-state index contributed by atoms with van der Waals surface area (Å²) in [6.07, 6.45) is 1.63. The summed E-state index contributed by atoms with van der Waals surface area (Å²) >= 11 is 3.23. The van der Waals surface area contributed by atoms with Gasteiger partial charge in [-0.2, -0.15) is 0 Å². The highest BCUT2D eigenvalue weighted by Gasteiger charge is 2.19. The van der Waals surface area contributed by atoms with Crippen LogP contribution in [0.4, 0.5) is 5.82 Å². The molecule has 0 aliphatic carbocycles. The van der Waals surface area contributed by atoms with Crippen LogP contribution in [0.2, 0.25) is 0 Å². The summed E-state index contributed by atoms with van der Waals surface area (Å²) in [5, 5.41) is 19.9. The van der Waals surface area contributed by atoms with Gasteiger partial charge in [0.25, 0.3) is 0 Å². The van der Waals surface area contributed by atoms with E-state index in [1.165, 1.54) is 0 Å². The zero-order valence-electron chi connectivity index (χ0n) is 12.8. The molecule has 0 spiro atoms. The van der Waals surface area contributed by atoms with Crippen molar-refractivity contribution in [1.29, 1.82) is 0 Å². The summed E-state index contributed by atoms with van der Waals surface area (Å²) in [7, 11) is 0. The van der Waals surface area contributed by atoms with Crippen molar-refractivity contribution in [3.05, 3.63) is 22.3 Å². The van der Waals surface area contributed by atoms with E-state index in [0.717, 1.165) is 26.2 Å². The second-order valence-corrected chi connectivity index (χ2v) is 4.80. The average molecular weight is 362 g/mol. The van der Waals surface area contributed by atoms with Crippen molar-refractivity contribution < 1.29 is 15.0 Å². The molecule has 0 radical (unpaired) electrons. The number of aromatic nitrogens is 1. The molecule has 3 N–H and O–H groups in total. The Kier molecular flexibility index (Phi) is 10.8. The average Bonchev–Trinajstić information content (AvgIpc) is 2.51. The SMILES string of the molecule is CC.CCO.O=C(O)c1cc(Br)cnc1N1CCNCC1. The number of anilines is 1. The molecule has 2 rings (SSSR count). The monoisotopic (exact) mass is 361 g/mol. The van der Waals surface area contributed by atoms with Crippen molar-refractivity contribution in [1.82, 2.24) is 10.3 Å². The Morgan fingerprint density at radius 1 is 1.43 bits per heavy atom. The molecule has 0 saturated carbocycles. The Morgan fingerprint density at radius 2 is 1.95 bits per heavy atom. The van der Waals surface area contributed by atoms with Crippen LogP contribution in [0.3, 0.4) is 0 Å². The number of aromatic carboxylic acids is 1. The third kappa shape index (κ3) is 6.88. The van der Waals surface area contributed by atoms with Gasteiger partial charge in [-0.25, -0.2) is 9.78 Å². The Hall–Kier alpha value is -1.18. The molecule has 1 saturated heterocycles. The van der Waals surface area contributed by atoms with Crippen molar-refractivity contribution in [3.63, 3.8) is 0 Å². The predicted octanol–water partition coefficient (Wildman–Crippen LogP) is 1.98. The first-order chi connectivity index (χ1) is 10.1. The van der Waals surface area contributed by atoms with Crippen molar-refractivity contribution in [3.8, 4) is 0 Å². The third-order valence-electron chi connectivity index (χ3n) is 2.48. The van der Waals surface area contributed by atoms with Crippen molar-refractivity contribution in [2.45, 2.75) is 20.8 Å². The van der Waals surface area contributed by atoms with E-state index >= 15 is 0 Å². The number of nitrogens with one attached hydrogen (secondary N) is 1. The number of aliphatic hydroxyl groups excluding tert-OH is 1. The number of aliphatic hydroxyl groups is 1. The number of piperazine rings is 1. The van der Waals surface area contributed by atoms with E-state index in [4.69, 9.17) is 10.2 Å². The number of hydrogen-bond donors (Lipinski definition) is 3. The second kappa shape index (κ2) is 11.5. The molecule has 0 amide bonds. The molecule has 0 bridgehead atoms. The number of halogens is 1. The van der Waals surface area contributed by atoms with Crippen LogP contribution in [0.25, 0.3) is 0 Å². The highest BCUT2D eigenvalue weighted by Crippen LogP contribution is 2.21. The van der Waals surface area contributed by atoms with E-state index in [1.807, 2.05) is 18.7 Å². The zero-order chi connectivity index (χ0) is 16.3. The Bertz CT molecular complexity index is 424. The summed E-state index contributed by atoms with van der Waals surface area (Å²) in [6.45, 7) is 9.22. The maximum atomic E-state index is 11.1. The molecule has 1 aromatic heterocycles. The number of pyridine rings is 1. The topological polar surface area (TPSA) is 85.7 Å². The van der Waals surface area contributed by atoms with Crippen LogP contribution in [0.5, 0.6) is 0 Å². The van der Waals surface area contributed by atoms with Crippen LogP contribution in [0.15, 0.2) is 16.7 Å². The van der Waals surface area contributed by atoms with E-state index in [2.05, 4.69) is 26.2 Å². The minimum absolute atomic E-state index is 0.247. The molecule has 0 unspecified atom stereocenters. The molecule has 0 atom stereocenters. The number of nitrogens with zero attached hydrogens (tertiary/aromatic N) is 2. The molecule has 6 nitrogen and oxygen atoms in total. The normalized spacial score (nSPS) is 13.5. The van der Waals surface area contributed by atoms with Gasteiger partial charge in [0.15, 0.2) is 0 Å². The van der Waals surface area contributed by atoms with Crippen LogP contribution >= 0.6 is 15.9 Å². The molecule has 0 aromatic carbocycles. The maximum absolute atomic E-state index is 11.1. The smallest absolute Gasteiger partial charge is 0.339 e. The van der Waals surface area contributed by atoms with Crippen LogP contribution in [-0.2, 0) is 0 Å². The van der Waals surface area contributed by atoms with E-state index in [-0.39, 0.29) is 12.2 Å². The Balaban J connectivity index is 0.000000713. The summed E-state index contributed by atoms with van der Waals surface area (Å²) in [5.74, 6) is -0.389. The van der Waals surface area contributed by atoms with Crippen LogP contribution in [-0.4, -0.2) is 54.0 Å². The number of carboxylic acids is 1. The molecule has 21 heavy (non-hydrogen) atoms. The molecule has 1 aliphatic rings. The standard InChI is InChI=1S/C10H12BrN3O2.C2H6O.C2H6/c11-7-5-8(10(15)16)9(13-6-7)14-3-1-12-2-4-14;1-2-3;1-2/h5-6,12H,1-4H2,(H,15,16);3H,2H2,1H3;1-2H3. The van der Waals surface area contributed by atoms with Crippen LogP contribution < -0.4 is 10.2 Å². The molecule has 2 heterocycles. The first kappa shape index (κ1) is 19.8. The lowest BCUT2D eigenvalue weighted by molar-refractivity contribution is 0.0697. The fraction of sp³-hybridized carbons (Fsp3) is 0.571. The van der Waals surface area contributed by atoms with Gasteiger partial charge in [-0.3, -0.25) is 0 Å². The van der Waals surface area contributed by atoms with Gasteiger partial charge in [-0.05, 0) is 28.9 Å². The van der Waals surface area contributed by atoms with Gasteiger partial charge < -0.3 is 20.4 Å². The fourth-order valence-corrected chi connectivity index (χ4v) is 2.05. The second-order valence-electron chi connectivity index (χ2n) is 3.88. The molecule has 1 aliphatic heterocycles. The van der Waals surface area contributed by atoms with Gasteiger partial charge in [0, 0.05) is 43.5 Å². The van der Waals surface area contributed by atoms with Gasteiger partial charge in [-0.1, -0.05) is 13.8 Å². The van der Waals surface area contributed by atoms with E-state index in [0.29, 0.717) is 10.3 Å². The minimum atomic E-state index is -0.942. The lowest BCUT2D eigenvalue weighted by atomic mass is 10.2. The molecule has 1 fully saturated rings. The van der Waals surface area contributed by atoms with Crippen LogP contribution in [0, 0.1) is 0 Å². The van der Waals surface area contributed by atoms with Crippen molar-refractivity contribution >= 4 is 27.7 Å². The van der Waals surface area contributed by atoms with E-state index in [1.54, 1.807) is 19.2 Å². The third-order valence-corrected chi connectivity index (χ3v) is 2.91. The molecule has 120 valence electrons. The molecule has 7 heteroatoms. The first-order valence-electron chi connectivity index (χ1n) is 7.05. The molecular weight excluding hydrogens is 338 g/mol. The lowest BCUT2D eigenvalue weighted by Gasteiger charge is -2.29. The number of carboxylic acid groups (broad SMARTS) is 1. The number of hydrogen-bond acceptors (Lipinski definition) is 5. The van der Waals surface area contributed by atoms with Crippen LogP contribution in [0.1, 0.15) is 31.1 Å². The van der Waals surface area contributed by atoms with Gasteiger partial charge in [0.2, 0.25) is 0 Å². The molecular formula is C14H24BrN3O3. The Morgan fingerprint density at radius 3 is 2.43 bits per heavy atom. The highest BCUT2D eigenvalue weighted by molar-refractivity contribution is 9.10. The maximum Gasteiger partial charge on any atom is 0.339 e. The van der Waals surface area contributed by atoms with Crippen molar-refractivity contribution in [2.24, 2.45) is 0 Å². The summed E-state index contributed by atoms with van der Waals surface area (Å²) in [6, 6.07) is 1.59. The van der Waals surface area contributed by atoms with E-state index < -0.39 is 5.97 Å². The molecule has 1 aromatic rings. The lowest BCUT2D eigenvalue weighted by Crippen LogP contribution is -2.44. The highest BCUT2D eigenvalue weighted by atomic mass is 79.9. The van der Waals surface area contributed by atoms with Gasteiger partial charge in [-0.15, -0.1) is 0 Å². The number of carbonyl (C=O) groups is 1. The Labute approximate surface area is 134 Å².